The predicted molar refractivity (Wildman–Crippen MR) is 144 cm³/mol. The summed E-state index contributed by atoms with van der Waals surface area (Å²) in [5, 5.41) is 12.1. The van der Waals surface area contributed by atoms with E-state index in [1.54, 1.807) is 19.1 Å². The molecule has 0 unspecified atom stereocenters. The van der Waals surface area contributed by atoms with Gasteiger partial charge >= 0.3 is 6.18 Å². The largest absolute Gasteiger partial charge is 0.420 e. The number of nitrogens with zero attached hydrogens (tertiary/aromatic N) is 6. The van der Waals surface area contributed by atoms with Gasteiger partial charge in [0.25, 0.3) is 0 Å². The normalized spacial score (nSPS) is 18.0. The van der Waals surface area contributed by atoms with E-state index in [-0.39, 0.29) is 54.8 Å². The van der Waals surface area contributed by atoms with Crippen LogP contribution < -0.4 is 5.32 Å². The maximum absolute atomic E-state index is 15.2. The van der Waals surface area contributed by atoms with Gasteiger partial charge in [0.15, 0.2) is 0 Å². The van der Waals surface area contributed by atoms with Crippen LogP contribution in [-0.2, 0) is 16.2 Å². The summed E-state index contributed by atoms with van der Waals surface area (Å²) in [7, 11) is -3.32. The Labute approximate surface area is 235 Å². The number of halogens is 4. The molecule has 2 fully saturated rings. The van der Waals surface area contributed by atoms with Crippen LogP contribution in [0.25, 0.3) is 17.1 Å². The van der Waals surface area contributed by atoms with E-state index in [0.29, 0.717) is 38.7 Å². The minimum absolute atomic E-state index is 0.0377. The first-order chi connectivity index (χ1) is 19.3. The van der Waals surface area contributed by atoms with Crippen molar-refractivity contribution in [2.24, 2.45) is 0 Å². The van der Waals surface area contributed by atoms with Crippen LogP contribution >= 0.6 is 0 Å². The van der Waals surface area contributed by atoms with Gasteiger partial charge in [-0.25, -0.2) is 32.1 Å². The lowest BCUT2D eigenvalue weighted by Gasteiger charge is -2.39. The van der Waals surface area contributed by atoms with Gasteiger partial charge < -0.3 is 15.0 Å². The number of nitrogens with one attached hydrogen (secondary N) is 1. The molecule has 222 valence electrons. The summed E-state index contributed by atoms with van der Waals surface area (Å²) >= 11 is 0. The zero-order valence-electron chi connectivity index (χ0n) is 22.6. The Morgan fingerprint density at radius 2 is 1.85 bits per heavy atom. The molecule has 1 aromatic carbocycles. The number of alkyl halides is 3. The van der Waals surface area contributed by atoms with Crippen LogP contribution in [0.5, 0.6) is 0 Å². The van der Waals surface area contributed by atoms with Crippen molar-refractivity contribution in [3.63, 3.8) is 0 Å². The molecule has 2 saturated heterocycles. The molecule has 3 aromatic rings. The maximum Gasteiger partial charge on any atom is 0.420 e. The molecule has 2 aromatic heterocycles. The second kappa shape index (κ2) is 11.3. The lowest BCUT2D eigenvalue weighted by molar-refractivity contribution is -0.137. The Hall–Kier alpha value is -3.14. The molecule has 0 amide bonds. The molecule has 5 rings (SSSR count). The van der Waals surface area contributed by atoms with E-state index in [9.17, 15) is 21.6 Å². The third-order valence-electron chi connectivity index (χ3n) is 7.55. The summed E-state index contributed by atoms with van der Waals surface area (Å²) in [6.45, 7) is 4.19. The van der Waals surface area contributed by atoms with Crippen LogP contribution in [0, 0.1) is 12.7 Å². The molecule has 0 bridgehead atoms. The van der Waals surface area contributed by atoms with Gasteiger partial charge in [0.05, 0.1) is 18.6 Å². The van der Waals surface area contributed by atoms with Crippen molar-refractivity contribution >= 4 is 16.0 Å². The average Bonchev–Trinajstić information content (AvgIpc) is 3.26. The van der Waals surface area contributed by atoms with Crippen LogP contribution in [0.15, 0.2) is 30.6 Å². The van der Waals surface area contributed by atoms with E-state index in [1.807, 2.05) is 0 Å². The fourth-order valence-electron chi connectivity index (χ4n) is 5.28. The van der Waals surface area contributed by atoms with Gasteiger partial charge in [-0.15, -0.1) is 0 Å². The van der Waals surface area contributed by atoms with Crippen LogP contribution in [0.3, 0.4) is 0 Å². The molecule has 2 aliphatic rings. The number of likely N-dealkylation sites (tertiary alicyclic amines) is 1. The molecule has 0 saturated carbocycles. The number of sulfonamides is 1. The van der Waals surface area contributed by atoms with Crippen molar-refractivity contribution in [3.8, 4) is 17.1 Å². The molecular formula is C26H31F4N7O3S. The number of aromatic nitrogens is 4. The molecule has 10 nitrogen and oxygen atoms in total. The molecule has 4 heterocycles. The number of anilines is 1. The number of benzene rings is 1. The summed E-state index contributed by atoms with van der Waals surface area (Å²) in [5.74, 6) is -0.149. The predicted octanol–water partition coefficient (Wildman–Crippen LogP) is 3.02. The number of piperidine rings is 1. The zero-order valence-corrected chi connectivity index (χ0v) is 23.4. The first kappa shape index (κ1) is 29.4. The zero-order chi connectivity index (χ0) is 29.5. The average molecular weight is 598 g/mol. The molecule has 15 heteroatoms. The summed E-state index contributed by atoms with van der Waals surface area (Å²) in [5.41, 5.74) is -0.648. The number of aliphatic hydroxyl groups excluding tert-OH is 1. The van der Waals surface area contributed by atoms with Crippen molar-refractivity contribution in [2.75, 3.05) is 50.9 Å². The Morgan fingerprint density at radius 1 is 1.15 bits per heavy atom. The highest BCUT2D eigenvalue weighted by molar-refractivity contribution is 7.88. The van der Waals surface area contributed by atoms with E-state index in [0.717, 1.165) is 11.8 Å². The highest BCUT2D eigenvalue weighted by Crippen LogP contribution is 2.37. The second-order valence-electron chi connectivity index (χ2n) is 10.5. The second-order valence-corrected chi connectivity index (χ2v) is 12.5. The molecule has 0 atom stereocenters. The van der Waals surface area contributed by atoms with Gasteiger partial charge in [-0.1, -0.05) is 6.07 Å². The van der Waals surface area contributed by atoms with E-state index in [4.69, 9.17) is 5.11 Å². The number of hydrogen-bond donors (Lipinski definition) is 2. The lowest BCUT2D eigenvalue weighted by Crippen LogP contribution is -2.46. The number of hydrogen-bond acceptors (Lipinski definition) is 8. The van der Waals surface area contributed by atoms with Gasteiger partial charge in [0.2, 0.25) is 16.0 Å². The van der Waals surface area contributed by atoms with Crippen molar-refractivity contribution in [1.82, 2.24) is 28.7 Å². The SMILES string of the molecule is Cc1nc(-c2nc(NC3CCN(S(C)(=O)=O)CC3)ncc2C(F)(F)F)cn1-c1ccc(C2CN(CCO)C2)cc1F. The number of imidazole rings is 1. The van der Waals surface area contributed by atoms with Crippen molar-refractivity contribution in [1.29, 1.82) is 0 Å². The van der Waals surface area contributed by atoms with Crippen LogP contribution in [-0.4, -0.2) is 93.9 Å². The Morgan fingerprint density at radius 3 is 2.46 bits per heavy atom. The maximum atomic E-state index is 15.2. The van der Waals surface area contributed by atoms with Crippen LogP contribution in [0.1, 0.15) is 35.7 Å². The van der Waals surface area contributed by atoms with Gasteiger partial charge in [0, 0.05) is 57.1 Å². The number of β-amino-alcohol motifs (C(OH)–C–C–N with tert-alkyl or cyclic N) is 1. The van der Waals surface area contributed by atoms with Crippen molar-refractivity contribution in [2.45, 2.75) is 37.9 Å². The summed E-state index contributed by atoms with van der Waals surface area (Å²) < 4.78 is 83.3. The minimum atomic E-state index is -4.76. The third kappa shape index (κ3) is 6.37. The van der Waals surface area contributed by atoms with Gasteiger partial charge in [-0.05, 0) is 37.5 Å². The van der Waals surface area contributed by atoms with E-state index in [1.165, 1.54) is 21.1 Å². The Kier molecular flexibility index (Phi) is 8.07. The van der Waals surface area contributed by atoms with Gasteiger partial charge in [-0.3, -0.25) is 4.90 Å². The summed E-state index contributed by atoms with van der Waals surface area (Å²) in [6, 6.07) is 4.58. The fourth-order valence-corrected chi connectivity index (χ4v) is 6.15. The first-order valence-corrected chi connectivity index (χ1v) is 15.0. The highest BCUT2D eigenvalue weighted by atomic mass is 32.2. The van der Waals surface area contributed by atoms with E-state index >= 15 is 4.39 Å². The Balaban J connectivity index is 1.39. The number of aliphatic hydroxyl groups is 1. The molecule has 41 heavy (non-hydrogen) atoms. The third-order valence-corrected chi connectivity index (χ3v) is 8.85. The lowest BCUT2D eigenvalue weighted by atomic mass is 9.91. The Bertz CT molecular complexity index is 1520. The van der Waals surface area contributed by atoms with Gasteiger partial charge in [-0.2, -0.15) is 13.2 Å². The van der Waals surface area contributed by atoms with Crippen molar-refractivity contribution < 1.29 is 31.1 Å². The van der Waals surface area contributed by atoms with E-state index in [2.05, 4.69) is 25.2 Å². The van der Waals surface area contributed by atoms with Crippen LogP contribution in [0.4, 0.5) is 23.5 Å². The van der Waals surface area contributed by atoms with Crippen LogP contribution in [0.2, 0.25) is 0 Å². The molecule has 0 spiro atoms. The number of rotatable bonds is 8. The summed E-state index contributed by atoms with van der Waals surface area (Å²) in [4.78, 5) is 14.4. The molecule has 0 aliphatic carbocycles. The number of aryl methyl sites for hydroxylation is 1. The minimum Gasteiger partial charge on any atom is -0.395 e. The molecule has 2 aliphatic heterocycles. The van der Waals surface area contributed by atoms with Crippen molar-refractivity contribution in [3.05, 3.63) is 53.4 Å². The highest BCUT2D eigenvalue weighted by Gasteiger charge is 2.37. The molecular weight excluding hydrogens is 566 g/mol. The molecule has 0 radical (unpaired) electrons. The van der Waals surface area contributed by atoms with E-state index < -0.39 is 33.3 Å². The monoisotopic (exact) mass is 597 g/mol. The topological polar surface area (TPSA) is 116 Å². The standard InChI is InChI=1S/C26H31F4N7O3S/c1-16-32-22(15-37(16)23-4-3-17(11-21(23)27)18-13-35(14-18)9-10-38)24-20(26(28,29)30)12-31-25(34-24)33-19-5-7-36(8-6-19)41(2,39)40/h3-4,11-12,15,18-19,38H,5-10,13-14H2,1-2H3,(H,31,33,34). The summed E-state index contributed by atoms with van der Waals surface area (Å²) in [6.07, 6.45) is -0.725. The smallest absolute Gasteiger partial charge is 0.395 e. The fraction of sp³-hybridized carbons (Fsp3) is 0.500. The molecule has 2 N–H and O–H groups in total. The van der Waals surface area contributed by atoms with Gasteiger partial charge in [0.1, 0.15) is 28.6 Å². The first-order valence-electron chi connectivity index (χ1n) is 13.2. The quantitative estimate of drug-likeness (QED) is 0.381.